The zero-order valence-corrected chi connectivity index (χ0v) is 12.0. The van der Waals surface area contributed by atoms with E-state index in [-0.39, 0.29) is 0 Å². The van der Waals surface area contributed by atoms with E-state index in [1.165, 1.54) is 12.5 Å². The highest BCUT2D eigenvalue weighted by molar-refractivity contribution is 6.54. The normalized spacial score (nSPS) is 15.8. The summed E-state index contributed by atoms with van der Waals surface area (Å²) < 4.78 is 0. The molecule has 0 saturated heterocycles. The predicted octanol–water partition coefficient (Wildman–Crippen LogP) is 1.75. The van der Waals surface area contributed by atoms with Crippen molar-refractivity contribution >= 4 is 18.5 Å². The fraction of sp³-hybridized carbons (Fsp3) is 1.00. The molecular weight excluding hydrogens is 178 g/mol. The van der Waals surface area contributed by atoms with Gasteiger partial charge in [0, 0.05) is 15.1 Å². The Balaban J connectivity index is 3.40. The molecule has 74 valence electrons. The molecule has 1 N–H and O–H groups in total. The van der Waals surface area contributed by atoms with Gasteiger partial charge < -0.3 is 4.98 Å². The second kappa shape index (κ2) is 5.94. The lowest BCUT2D eigenvalue weighted by atomic mass is 10.1. The summed E-state index contributed by atoms with van der Waals surface area (Å²) in [5.74, 6) is 0. The molecule has 0 aliphatic carbocycles. The van der Waals surface area contributed by atoms with Crippen LogP contribution in [0.15, 0.2) is 0 Å². The summed E-state index contributed by atoms with van der Waals surface area (Å²) >= 11 is 0. The fourth-order valence-electron chi connectivity index (χ4n) is 1.51. The lowest BCUT2D eigenvalue weighted by Gasteiger charge is -2.25. The van der Waals surface area contributed by atoms with E-state index in [0.717, 1.165) is 0 Å². The molecule has 1 nitrogen and oxygen atoms in total. The van der Waals surface area contributed by atoms with Crippen LogP contribution in [-0.4, -0.2) is 24.0 Å². The Labute approximate surface area is 81.8 Å². The minimum atomic E-state index is -0.587. The highest BCUT2D eigenvalue weighted by Crippen LogP contribution is 2.05. The van der Waals surface area contributed by atoms with Crippen LogP contribution in [-0.2, 0) is 0 Å². The van der Waals surface area contributed by atoms with Crippen LogP contribution in [0.25, 0.3) is 0 Å². The molecular formula is C9H25NSi2. The standard InChI is InChI=1S/C9H25NSi2/c1-9(2,3)10-12(5)8-6-7-11-4/h10,12H,6-8,11H2,1-5H3. The Morgan fingerprint density at radius 2 is 1.92 bits per heavy atom. The van der Waals surface area contributed by atoms with Crippen molar-refractivity contribution in [1.29, 1.82) is 0 Å². The van der Waals surface area contributed by atoms with E-state index in [0.29, 0.717) is 15.1 Å². The van der Waals surface area contributed by atoms with Crippen LogP contribution < -0.4 is 4.98 Å². The van der Waals surface area contributed by atoms with E-state index in [1.54, 1.807) is 6.04 Å². The number of hydrogen-bond donors (Lipinski definition) is 1. The molecule has 0 rings (SSSR count). The quantitative estimate of drug-likeness (QED) is 0.530. The third-order valence-corrected chi connectivity index (χ3v) is 5.76. The van der Waals surface area contributed by atoms with Gasteiger partial charge in [0.15, 0.2) is 0 Å². The number of nitrogens with one attached hydrogen (secondary N) is 1. The van der Waals surface area contributed by atoms with Crippen molar-refractivity contribution in [3.8, 4) is 0 Å². The Hall–Kier alpha value is 0.394. The molecule has 0 aromatic carbocycles. The molecule has 0 spiro atoms. The molecule has 3 heteroatoms. The van der Waals surface area contributed by atoms with E-state index in [1.807, 2.05) is 0 Å². The number of hydrogen-bond acceptors (Lipinski definition) is 1. The first kappa shape index (κ1) is 12.4. The maximum Gasteiger partial charge on any atom is 0.106 e. The fourth-order valence-corrected chi connectivity index (χ4v) is 5.40. The maximum atomic E-state index is 3.73. The van der Waals surface area contributed by atoms with Gasteiger partial charge in [0.2, 0.25) is 0 Å². The Morgan fingerprint density at radius 3 is 2.33 bits per heavy atom. The van der Waals surface area contributed by atoms with Crippen LogP contribution in [0.5, 0.6) is 0 Å². The van der Waals surface area contributed by atoms with Crippen molar-refractivity contribution in [2.75, 3.05) is 0 Å². The highest BCUT2D eigenvalue weighted by Gasteiger charge is 2.13. The molecule has 1 unspecified atom stereocenters. The van der Waals surface area contributed by atoms with Gasteiger partial charge in [-0.3, -0.25) is 0 Å². The largest absolute Gasteiger partial charge is 0.335 e. The van der Waals surface area contributed by atoms with Gasteiger partial charge in [-0.15, -0.1) is 0 Å². The number of rotatable bonds is 5. The van der Waals surface area contributed by atoms with Gasteiger partial charge in [-0.2, -0.15) is 0 Å². The molecule has 12 heavy (non-hydrogen) atoms. The molecule has 0 aromatic heterocycles. The van der Waals surface area contributed by atoms with Crippen molar-refractivity contribution in [1.82, 2.24) is 4.98 Å². The van der Waals surface area contributed by atoms with Crippen LogP contribution in [0, 0.1) is 0 Å². The van der Waals surface area contributed by atoms with Crippen LogP contribution in [0.1, 0.15) is 27.2 Å². The molecule has 0 aliphatic rings. The molecule has 0 aromatic rings. The van der Waals surface area contributed by atoms with E-state index in [9.17, 15) is 0 Å². The van der Waals surface area contributed by atoms with E-state index in [2.05, 4.69) is 38.8 Å². The van der Waals surface area contributed by atoms with Crippen molar-refractivity contribution in [2.24, 2.45) is 0 Å². The van der Waals surface area contributed by atoms with Crippen LogP contribution in [0.4, 0.5) is 0 Å². The summed E-state index contributed by atoms with van der Waals surface area (Å²) in [7, 11) is -0.263. The summed E-state index contributed by atoms with van der Waals surface area (Å²) in [4.78, 5) is 3.73. The average molecular weight is 203 g/mol. The highest BCUT2D eigenvalue weighted by atomic mass is 28.3. The van der Waals surface area contributed by atoms with Gasteiger partial charge in [0.25, 0.3) is 0 Å². The molecule has 0 radical (unpaired) electrons. The zero-order chi connectivity index (χ0) is 9.61. The summed E-state index contributed by atoms with van der Waals surface area (Å²) in [6, 6.07) is 3.03. The third kappa shape index (κ3) is 8.49. The Morgan fingerprint density at radius 1 is 1.33 bits per heavy atom. The molecule has 0 aliphatic heterocycles. The van der Waals surface area contributed by atoms with Gasteiger partial charge >= 0.3 is 0 Å². The lowest BCUT2D eigenvalue weighted by Crippen LogP contribution is -2.44. The average Bonchev–Trinajstić information content (AvgIpc) is 1.84. The lowest BCUT2D eigenvalue weighted by molar-refractivity contribution is 0.517. The zero-order valence-electron chi connectivity index (χ0n) is 9.41. The summed E-state index contributed by atoms with van der Waals surface area (Å²) in [6.45, 7) is 11.6. The van der Waals surface area contributed by atoms with Gasteiger partial charge in [-0.05, 0) is 26.8 Å². The molecule has 0 saturated carbocycles. The van der Waals surface area contributed by atoms with E-state index < -0.39 is 8.96 Å². The van der Waals surface area contributed by atoms with E-state index in [4.69, 9.17) is 0 Å². The SMILES string of the molecule is C[SiH2]CCC[SiH](C)NC(C)(C)C. The maximum absolute atomic E-state index is 3.73. The summed E-state index contributed by atoms with van der Waals surface area (Å²) in [5.41, 5.74) is 0.343. The molecule has 0 bridgehead atoms. The molecule has 0 fully saturated rings. The topological polar surface area (TPSA) is 12.0 Å². The summed E-state index contributed by atoms with van der Waals surface area (Å²) in [6.07, 6.45) is 1.49. The smallest absolute Gasteiger partial charge is 0.106 e. The second-order valence-corrected chi connectivity index (χ2v) is 9.17. The summed E-state index contributed by atoms with van der Waals surface area (Å²) in [5, 5.41) is 0. The van der Waals surface area contributed by atoms with Gasteiger partial charge in [-0.25, -0.2) is 0 Å². The van der Waals surface area contributed by atoms with Crippen molar-refractivity contribution in [3.05, 3.63) is 0 Å². The first-order valence-electron chi connectivity index (χ1n) is 5.23. The van der Waals surface area contributed by atoms with Crippen LogP contribution in [0.3, 0.4) is 0 Å². The first-order chi connectivity index (χ1) is 5.45. The molecule has 1 atom stereocenters. The first-order valence-corrected chi connectivity index (χ1v) is 10.2. The van der Waals surface area contributed by atoms with Crippen molar-refractivity contribution < 1.29 is 0 Å². The Bertz CT molecular complexity index is 110. The minimum Gasteiger partial charge on any atom is -0.335 e. The van der Waals surface area contributed by atoms with Crippen molar-refractivity contribution in [2.45, 2.75) is 57.9 Å². The van der Waals surface area contributed by atoms with Gasteiger partial charge in [-0.1, -0.05) is 25.6 Å². The van der Waals surface area contributed by atoms with Crippen LogP contribution >= 0.6 is 0 Å². The van der Waals surface area contributed by atoms with Gasteiger partial charge in [0.05, 0.1) is 0 Å². The monoisotopic (exact) mass is 203 g/mol. The van der Waals surface area contributed by atoms with Crippen LogP contribution in [0.2, 0.25) is 25.2 Å². The second-order valence-electron chi connectivity index (χ2n) is 4.79. The Kier molecular flexibility index (Phi) is 6.14. The molecule has 0 amide bonds. The third-order valence-electron chi connectivity index (χ3n) is 1.92. The van der Waals surface area contributed by atoms with Crippen molar-refractivity contribution in [3.63, 3.8) is 0 Å². The minimum absolute atomic E-state index is 0.324. The molecule has 0 heterocycles. The van der Waals surface area contributed by atoms with E-state index >= 15 is 0 Å². The van der Waals surface area contributed by atoms with Gasteiger partial charge in [0.1, 0.15) is 8.96 Å². The predicted molar refractivity (Wildman–Crippen MR) is 64.5 cm³/mol.